The molecular formula is C64H109NO8. The van der Waals surface area contributed by atoms with E-state index in [1.807, 2.05) is 0 Å². The molecule has 73 heavy (non-hydrogen) atoms. The first kappa shape index (κ1) is 67.9. The van der Waals surface area contributed by atoms with Crippen LogP contribution in [0.3, 0.4) is 0 Å². The van der Waals surface area contributed by atoms with Gasteiger partial charge in [-0.25, -0.2) is 0 Å². The summed E-state index contributed by atoms with van der Waals surface area (Å²) in [5.74, 6) is -0.204. The topological polar surface area (TPSA) is 149 Å². The number of ether oxygens (including phenoxy) is 2. The maximum atomic E-state index is 13.1. The molecule has 0 spiro atoms. The number of aliphatic hydroxyl groups is 5. The second kappa shape index (κ2) is 52.3. The van der Waals surface area contributed by atoms with Crippen molar-refractivity contribution in [2.75, 3.05) is 13.2 Å². The standard InChI is InChI=1S/C64H109NO8/c1-3-5-7-9-11-13-15-17-19-21-23-25-26-27-28-29-30-31-32-34-36-38-40-42-44-46-48-50-52-54-60(68)65-57(56-72-64-63(71)62(70)61(69)59(55-66)73-64)58(67)53-51-49-47-45-43-41-39-37-35-33-24-22-20-18-16-14-12-10-8-6-4-2/h5,7,11,13,17,19,23,25,27-28,30-31,34,36,40,42,46,48,57-59,61-64,66-67,69-71H,3-4,6,8-10,12,14-16,18,20-22,24,26,29,32-33,35,37-39,41,43-45,47,49-56H2,1-2H3,(H,65,68)/b7-5-,13-11-,19-17-,25-23-,28-27-,31-30-,36-34-,42-40-,48-46-. The Morgan fingerprint density at radius 2 is 0.836 bits per heavy atom. The molecule has 1 saturated heterocycles. The number of nitrogens with one attached hydrogen (secondary N) is 1. The number of amides is 1. The van der Waals surface area contributed by atoms with Crippen LogP contribution in [0, 0.1) is 0 Å². The smallest absolute Gasteiger partial charge is 0.220 e. The van der Waals surface area contributed by atoms with Crippen LogP contribution in [-0.2, 0) is 14.3 Å². The first-order chi connectivity index (χ1) is 35.8. The summed E-state index contributed by atoms with van der Waals surface area (Å²) >= 11 is 0. The first-order valence-electron chi connectivity index (χ1n) is 29.6. The summed E-state index contributed by atoms with van der Waals surface area (Å²) in [5, 5.41) is 54.7. The number of hydrogen-bond donors (Lipinski definition) is 6. The van der Waals surface area contributed by atoms with Crippen molar-refractivity contribution < 1.29 is 39.8 Å². The summed E-state index contributed by atoms with van der Waals surface area (Å²) in [6, 6.07) is -0.759. The fourth-order valence-electron chi connectivity index (χ4n) is 8.75. The van der Waals surface area contributed by atoms with Gasteiger partial charge in [-0.2, -0.15) is 0 Å². The molecule has 9 nitrogen and oxygen atoms in total. The molecular weight excluding hydrogens is 911 g/mol. The Hall–Kier alpha value is -3.15. The minimum absolute atomic E-state index is 0.168. The molecule has 1 heterocycles. The minimum atomic E-state index is -1.57. The van der Waals surface area contributed by atoms with Gasteiger partial charge in [-0.05, 0) is 77.0 Å². The van der Waals surface area contributed by atoms with Crippen LogP contribution in [0.5, 0.6) is 0 Å². The summed E-state index contributed by atoms with van der Waals surface area (Å²) in [4.78, 5) is 13.1. The Morgan fingerprint density at radius 3 is 1.21 bits per heavy atom. The summed E-state index contributed by atoms with van der Waals surface area (Å²) in [7, 11) is 0. The highest BCUT2D eigenvalue weighted by molar-refractivity contribution is 5.76. The van der Waals surface area contributed by atoms with Gasteiger partial charge >= 0.3 is 0 Å². The molecule has 0 aromatic carbocycles. The zero-order valence-corrected chi connectivity index (χ0v) is 46.4. The van der Waals surface area contributed by atoms with Crippen molar-refractivity contribution in [3.05, 3.63) is 109 Å². The molecule has 7 atom stereocenters. The number of rotatable bonds is 49. The van der Waals surface area contributed by atoms with E-state index in [-0.39, 0.29) is 18.9 Å². The normalized spacial score (nSPS) is 19.9. The third-order valence-corrected chi connectivity index (χ3v) is 13.4. The average molecular weight is 1020 g/mol. The molecule has 1 aliphatic rings. The third kappa shape index (κ3) is 41.7. The van der Waals surface area contributed by atoms with Gasteiger partial charge in [0.1, 0.15) is 24.4 Å². The van der Waals surface area contributed by atoms with Crippen molar-refractivity contribution in [2.45, 2.75) is 275 Å². The Bertz CT molecular complexity index is 1510. The Labute approximate surface area is 446 Å². The van der Waals surface area contributed by atoms with Crippen molar-refractivity contribution in [1.82, 2.24) is 5.32 Å². The fourth-order valence-corrected chi connectivity index (χ4v) is 8.75. The molecule has 418 valence electrons. The lowest BCUT2D eigenvalue weighted by atomic mass is 9.99. The van der Waals surface area contributed by atoms with Crippen molar-refractivity contribution in [2.24, 2.45) is 0 Å². The summed E-state index contributed by atoms with van der Waals surface area (Å²) in [5.41, 5.74) is 0. The molecule has 0 saturated carbocycles. The van der Waals surface area contributed by atoms with E-state index in [1.54, 1.807) is 0 Å². The summed E-state index contributed by atoms with van der Waals surface area (Å²) in [6.45, 7) is 3.70. The number of allylic oxidation sites excluding steroid dienone is 18. The molecule has 0 aromatic heterocycles. The van der Waals surface area contributed by atoms with Gasteiger partial charge in [0, 0.05) is 6.42 Å². The highest BCUT2D eigenvalue weighted by atomic mass is 16.7. The van der Waals surface area contributed by atoms with Crippen LogP contribution >= 0.6 is 0 Å². The number of carbonyl (C=O) groups excluding carboxylic acids is 1. The van der Waals surface area contributed by atoms with Crippen LogP contribution in [0.1, 0.15) is 232 Å². The highest BCUT2D eigenvalue weighted by Crippen LogP contribution is 2.23. The first-order valence-corrected chi connectivity index (χ1v) is 29.6. The maximum absolute atomic E-state index is 13.1. The van der Waals surface area contributed by atoms with Crippen molar-refractivity contribution in [3.63, 3.8) is 0 Å². The quantitative estimate of drug-likeness (QED) is 0.0261. The average Bonchev–Trinajstić information content (AvgIpc) is 3.39. The van der Waals surface area contributed by atoms with Crippen molar-refractivity contribution in [3.8, 4) is 0 Å². The fraction of sp³-hybridized carbons (Fsp3) is 0.703. The number of unbranched alkanes of at least 4 members (excludes halogenated alkanes) is 21. The molecule has 1 aliphatic heterocycles. The summed E-state index contributed by atoms with van der Waals surface area (Å²) in [6.07, 6.45) is 69.7. The third-order valence-electron chi connectivity index (χ3n) is 13.4. The number of aliphatic hydroxyl groups excluding tert-OH is 5. The monoisotopic (exact) mass is 1020 g/mol. The van der Waals surface area contributed by atoms with Gasteiger partial charge in [0.15, 0.2) is 6.29 Å². The predicted molar refractivity (Wildman–Crippen MR) is 308 cm³/mol. The van der Waals surface area contributed by atoms with Crippen LogP contribution in [0.15, 0.2) is 109 Å². The van der Waals surface area contributed by atoms with Gasteiger partial charge in [-0.1, -0.05) is 258 Å². The van der Waals surface area contributed by atoms with E-state index in [1.165, 1.54) is 116 Å². The van der Waals surface area contributed by atoms with Gasteiger partial charge in [-0.15, -0.1) is 0 Å². The van der Waals surface area contributed by atoms with Crippen LogP contribution in [0.4, 0.5) is 0 Å². The molecule has 0 aromatic rings. The Morgan fingerprint density at radius 1 is 0.479 bits per heavy atom. The zero-order valence-electron chi connectivity index (χ0n) is 46.4. The summed E-state index contributed by atoms with van der Waals surface area (Å²) < 4.78 is 11.3. The molecule has 7 unspecified atom stereocenters. The zero-order chi connectivity index (χ0) is 52.9. The van der Waals surface area contributed by atoms with Crippen LogP contribution < -0.4 is 5.32 Å². The molecule has 0 aliphatic carbocycles. The largest absolute Gasteiger partial charge is 0.394 e. The molecule has 1 amide bonds. The van der Waals surface area contributed by atoms with Gasteiger partial charge in [-0.3, -0.25) is 4.79 Å². The SMILES string of the molecule is CC/C=C\C/C=C\C/C=C\C/C=C\C/C=C\C/C=C\C/C=C\C/C=C\C/C=C\CCCC(=O)NC(COC1OC(CO)C(O)C(O)C1O)C(O)CCCCCCCCCCCCCCCCCCCCCCC. The molecule has 9 heteroatoms. The molecule has 1 rings (SSSR count). The van der Waals surface area contributed by atoms with E-state index in [0.717, 1.165) is 83.5 Å². The lowest BCUT2D eigenvalue weighted by molar-refractivity contribution is -0.302. The molecule has 0 radical (unpaired) electrons. The minimum Gasteiger partial charge on any atom is -0.394 e. The molecule has 1 fully saturated rings. The van der Waals surface area contributed by atoms with E-state index in [4.69, 9.17) is 9.47 Å². The molecule has 0 bridgehead atoms. The van der Waals surface area contributed by atoms with E-state index >= 15 is 0 Å². The van der Waals surface area contributed by atoms with E-state index < -0.39 is 49.5 Å². The van der Waals surface area contributed by atoms with Crippen LogP contribution in [0.2, 0.25) is 0 Å². The second-order valence-electron chi connectivity index (χ2n) is 20.1. The van der Waals surface area contributed by atoms with Gasteiger partial charge in [0.2, 0.25) is 5.91 Å². The van der Waals surface area contributed by atoms with Crippen molar-refractivity contribution >= 4 is 5.91 Å². The van der Waals surface area contributed by atoms with E-state index in [2.05, 4.69) is 129 Å². The highest BCUT2D eigenvalue weighted by Gasteiger charge is 2.44. The van der Waals surface area contributed by atoms with E-state index in [0.29, 0.717) is 12.8 Å². The number of carbonyl (C=O) groups is 1. The lowest BCUT2D eigenvalue weighted by Crippen LogP contribution is -2.60. The second-order valence-corrected chi connectivity index (χ2v) is 20.1. The van der Waals surface area contributed by atoms with Gasteiger partial charge in [0.05, 0.1) is 25.4 Å². The Kier molecular flexibility index (Phi) is 48.6. The van der Waals surface area contributed by atoms with Crippen LogP contribution in [0.25, 0.3) is 0 Å². The predicted octanol–water partition coefficient (Wildman–Crippen LogP) is 15.0. The lowest BCUT2D eigenvalue weighted by Gasteiger charge is -2.40. The van der Waals surface area contributed by atoms with Crippen molar-refractivity contribution in [1.29, 1.82) is 0 Å². The van der Waals surface area contributed by atoms with Crippen LogP contribution in [-0.4, -0.2) is 87.5 Å². The van der Waals surface area contributed by atoms with Gasteiger partial charge < -0.3 is 40.3 Å². The Balaban J connectivity index is 2.28. The van der Waals surface area contributed by atoms with Gasteiger partial charge in [0.25, 0.3) is 0 Å². The van der Waals surface area contributed by atoms with E-state index in [9.17, 15) is 30.3 Å². The molecule has 6 N–H and O–H groups in total. The maximum Gasteiger partial charge on any atom is 0.220 e. The number of hydrogen-bond acceptors (Lipinski definition) is 8.